The first-order valence-electron chi connectivity index (χ1n) is 7.24. The molecule has 0 radical (unpaired) electrons. The van der Waals surface area contributed by atoms with Gasteiger partial charge in [0.15, 0.2) is 5.82 Å². The number of carbonyl (C=O) groups excluding carboxylic acids is 1. The average molecular weight is 318 g/mol. The van der Waals surface area contributed by atoms with E-state index in [1.54, 1.807) is 12.1 Å². The van der Waals surface area contributed by atoms with E-state index in [1.807, 2.05) is 6.92 Å². The highest BCUT2D eigenvalue weighted by Crippen LogP contribution is 2.04. The van der Waals surface area contributed by atoms with Crippen LogP contribution in [0.2, 0.25) is 0 Å². The third kappa shape index (κ3) is 5.10. The molecular weight excluding hydrogens is 300 g/mol. The van der Waals surface area contributed by atoms with Crippen molar-refractivity contribution in [1.29, 1.82) is 0 Å². The zero-order valence-electron chi connectivity index (χ0n) is 12.7. The van der Waals surface area contributed by atoms with Crippen molar-refractivity contribution in [3.63, 3.8) is 0 Å². The molecule has 1 heterocycles. The molecule has 0 atom stereocenters. The lowest BCUT2D eigenvalue weighted by Crippen LogP contribution is -2.36. The summed E-state index contributed by atoms with van der Waals surface area (Å²) in [5, 5.41) is 18.0. The molecule has 23 heavy (non-hydrogen) atoms. The summed E-state index contributed by atoms with van der Waals surface area (Å²) in [6.45, 7) is 2.63. The fourth-order valence-corrected chi connectivity index (χ4v) is 1.83. The van der Waals surface area contributed by atoms with Crippen LogP contribution in [-0.4, -0.2) is 33.8 Å². The number of aromatic carboxylic acids is 1. The number of amides is 2. The first kappa shape index (κ1) is 16.5. The molecule has 0 aliphatic rings. The van der Waals surface area contributed by atoms with Crippen molar-refractivity contribution in [2.45, 2.75) is 26.3 Å². The highest BCUT2D eigenvalue weighted by Gasteiger charge is 2.06. The number of aryl methyl sites for hydroxylation is 1. The van der Waals surface area contributed by atoms with E-state index in [2.05, 4.69) is 20.8 Å². The predicted octanol–water partition coefficient (Wildman–Crippen LogP) is 1.37. The third-order valence-corrected chi connectivity index (χ3v) is 3.10. The minimum absolute atomic E-state index is 0.213. The maximum Gasteiger partial charge on any atom is 0.335 e. The molecule has 0 aliphatic carbocycles. The van der Waals surface area contributed by atoms with Crippen molar-refractivity contribution >= 4 is 12.0 Å². The quantitative estimate of drug-likeness (QED) is 0.710. The zero-order valence-corrected chi connectivity index (χ0v) is 12.7. The molecule has 0 saturated carbocycles. The normalized spacial score (nSPS) is 10.3. The van der Waals surface area contributed by atoms with Gasteiger partial charge in [-0.3, -0.25) is 0 Å². The largest absolute Gasteiger partial charge is 0.478 e. The van der Waals surface area contributed by atoms with Crippen molar-refractivity contribution in [2.75, 3.05) is 6.54 Å². The summed E-state index contributed by atoms with van der Waals surface area (Å²) in [7, 11) is 0. The lowest BCUT2D eigenvalue weighted by Gasteiger charge is -2.07. The molecule has 0 spiro atoms. The number of hydrogen-bond acceptors (Lipinski definition) is 5. The van der Waals surface area contributed by atoms with Crippen molar-refractivity contribution in [1.82, 2.24) is 20.8 Å². The van der Waals surface area contributed by atoms with Crippen LogP contribution in [0.15, 0.2) is 28.8 Å². The SMILES string of the molecule is CCc1nc(CCNC(=O)NCc2ccc(C(=O)O)cc2)no1. The summed E-state index contributed by atoms with van der Waals surface area (Å²) in [4.78, 5) is 26.5. The minimum Gasteiger partial charge on any atom is -0.478 e. The van der Waals surface area contributed by atoms with E-state index < -0.39 is 5.97 Å². The maximum absolute atomic E-state index is 11.7. The molecule has 0 aliphatic heterocycles. The van der Waals surface area contributed by atoms with Gasteiger partial charge in [0, 0.05) is 25.9 Å². The monoisotopic (exact) mass is 318 g/mol. The van der Waals surface area contributed by atoms with Gasteiger partial charge in [-0.25, -0.2) is 9.59 Å². The van der Waals surface area contributed by atoms with Crippen LogP contribution in [0.3, 0.4) is 0 Å². The Morgan fingerprint density at radius 3 is 2.57 bits per heavy atom. The number of urea groups is 1. The topological polar surface area (TPSA) is 117 Å². The van der Waals surface area contributed by atoms with Crippen molar-refractivity contribution < 1.29 is 19.2 Å². The molecule has 2 amide bonds. The van der Waals surface area contributed by atoms with E-state index in [4.69, 9.17) is 9.63 Å². The van der Waals surface area contributed by atoms with Crippen LogP contribution in [0.1, 0.15) is 34.6 Å². The van der Waals surface area contributed by atoms with E-state index in [9.17, 15) is 9.59 Å². The Balaban J connectivity index is 1.69. The van der Waals surface area contributed by atoms with Gasteiger partial charge in [-0.1, -0.05) is 24.2 Å². The lowest BCUT2D eigenvalue weighted by atomic mass is 10.1. The van der Waals surface area contributed by atoms with Crippen LogP contribution in [0, 0.1) is 0 Å². The molecular formula is C15H18N4O4. The van der Waals surface area contributed by atoms with Gasteiger partial charge in [-0.05, 0) is 17.7 Å². The van der Waals surface area contributed by atoms with E-state index in [0.29, 0.717) is 37.6 Å². The van der Waals surface area contributed by atoms with Crippen LogP contribution < -0.4 is 10.6 Å². The van der Waals surface area contributed by atoms with E-state index in [-0.39, 0.29) is 11.6 Å². The van der Waals surface area contributed by atoms with Crippen molar-refractivity contribution in [2.24, 2.45) is 0 Å². The standard InChI is InChI=1S/C15H18N4O4/c1-2-13-18-12(19-23-13)7-8-16-15(22)17-9-10-3-5-11(6-4-10)14(20)21/h3-6H,2,7-9H2,1H3,(H,20,21)(H2,16,17,22). The van der Waals surface area contributed by atoms with Crippen LogP contribution in [0.4, 0.5) is 4.79 Å². The summed E-state index contributed by atoms with van der Waals surface area (Å²) >= 11 is 0. The van der Waals surface area contributed by atoms with Crippen molar-refractivity contribution in [3.8, 4) is 0 Å². The summed E-state index contributed by atoms with van der Waals surface area (Å²) < 4.78 is 4.97. The summed E-state index contributed by atoms with van der Waals surface area (Å²) in [6.07, 6.45) is 1.17. The number of benzene rings is 1. The fourth-order valence-electron chi connectivity index (χ4n) is 1.83. The van der Waals surface area contributed by atoms with Gasteiger partial charge >= 0.3 is 12.0 Å². The molecule has 0 bridgehead atoms. The average Bonchev–Trinajstić information content (AvgIpc) is 3.01. The van der Waals surface area contributed by atoms with Crippen LogP contribution in [-0.2, 0) is 19.4 Å². The number of carboxylic acid groups (broad SMARTS) is 1. The molecule has 122 valence electrons. The van der Waals surface area contributed by atoms with Crippen LogP contribution in [0.5, 0.6) is 0 Å². The highest BCUT2D eigenvalue weighted by molar-refractivity contribution is 5.87. The molecule has 2 rings (SSSR count). The van der Waals surface area contributed by atoms with Gasteiger partial charge in [0.25, 0.3) is 0 Å². The van der Waals surface area contributed by atoms with Gasteiger partial charge in [0.05, 0.1) is 5.56 Å². The number of carbonyl (C=O) groups is 2. The number of nitrogens with zero attached hydrogens (tertiary/aromatic N) is 2. The number of hydrogen-bond donors (Lipinski definition) is 3. The second-order valence-electron chi connectivity index (χ2n) is 4.82. The molecule has 0 fully saturated rings. The van der Waals surface area contributed by atoms with Crippen LogP contribution >= 0.6 is 0 Å². The molecule has 1 aromatic carbocycles. The molecule has 8 nitrogen and oxygen atoms in total. The first-order chi connectivity index (χ1) is 11.1. The van der Waals surface area contributed by atoms with E-state index >= 15 is 0 Å². The molecule has 8 heteroatoms. The van der Waals surface area contributed by atoms with Crippen LogP contribution in [0.25, 0.3) is 0 Å². The first-order valence-corrected chi connectivity index (χ1v) is 7.24. The maximum atomic E-state index is 11.7. The van der Waals surface area contributed by atoms with Gasteiger partial charge < -0.3 is 20.3 Å². The zero-order chi connectivity index (χ0) is 16.7. The van der Waals surface area contributed by atoms with Gasteiger partial charge in [0.2, 0.25) is 5.89 Å². The number of carboxylic acids is 1. The molecule has 1 aromatic heterocycles. The molecule has 0 saturated heterocycles. The fraction of sp³-hybridized carbons (Fsp3) is 0.333. The number of rotatable bonds is 7. The summed E-state index contributed by atoms with van der Waals surface area (Å²) in [5.41, 5.74) is 1.03. The Bertz CT molecular complexity index is 666. The summed E-state index contributed by atoms with van der Waals surface area (Å²) in [5.74, 6) is 0.163. The van der Waals surface area contributed by atoms with E-state index in [0.717, 1.165) is 5.56 Å². The Morgan fingerprint density at radius 1 is 1.22 bits per heavy atom. The van der Waals surface area contributed by atoms with Gasteiger partial charge in [-0.2, -0.15) is 4.98 Å². The summed E-state index contributed by atoms with van der Waals surface area (Å²) in [6, 6.07) is 6.01. The number of nitrogens with one attached hydrogen (secondary N) is 2. The van der Waals surface area contributed by atoms with E-state index in [1.165, 1.54) is 12.1 Å². The highest BCUT2D eigenvalue weighted by atomic mass is 16.5. The smallest absolute Gasteiger partial charge is 0.335 e. The Kier molecular flexibility index (Phi) is 5.67. The van der Waals surface area contributed by atoms with Gasteiger partial charge in [0.1, 0.15) is 0 Å². The van der Waals surface area contributed by atoms with Crippen molar-refractivity contribution in [3.05, 3.63) is 47.1 Å². The Hall–Kier alpha value is -2.90. The Morgan fingerprint density at radius 2 is 1.96 bits per heavy atom. The minimum atomic E-state index is -0.977. The molecule has 3 N–H and O–H groups in total. The predicted molar refractivity (Wildman–Crippen MR) is 81.0 cm³/mol. The Labute approximate surface area is 132 Å². The second kappa shape index (κ2) is 7.92. The van der Waals surface area contributed by atoms with Gasteiger partial charge in [-0.15, -0.1) is 0 Å². The molecule has 0 unspecified atom stereocenters. The second-order valence-corrected chi connectivity index (χ2v) is 4.82. The number of aromatic nitrogens is 2. The third-order valence-electron chi connectivity index (χ3n) is 3.10. The molecule has 2 aromatic rings. The lowest BCUT2D eigenvalue weighted by molar-refractivity contribution is 0.0697.